The van der Waals surface area contributed by atoms with Gasteiger partial charge < -0.3 is 14.4 Å². The van der Waals surface area contributed by atoms with E-state index < -0.39 is 0 Å². The number of hydrogen-bond donors (Lipinski definition) is 1. The van der Waals surface area contributed by atoms with Crippen molar-refractivity contribution in [2.45, 2.75) is 38.9 Å². The molecule has 2 aliphatic rings. The van der Waals surface area contributed by atoms with Crippen LogP contribution in [0.25, 0.3) is 0 Å². The van der Waals surface area contributed by atoms with Crippen molar-refractivity contribution in [1.82, 2.24) is 15.1 Å². The van der Waals surface area contributed by atoms with Crippen molar-refractivity contribution in [3.05, 3.63) is 17.5 Å². The van der Waals surface area contributed by atoms with E-state index in [0.29, 0.717) is 31.4 Å². The number of rotatable bonds is 3. The summed E-state index contributed by atoms with van der Waals surface area (Å²) in [6.45, 7) is 6.94. The summed E-state index contributed by atoms with van der Waals surface area (Å²) < 4.78 is 11.2. The van der Waals surface area contributed by atoms with Crippen molar-refractivity contribution in [2.75, 3.05) is 26.3 Å². The lowest BCUT2D eigenvalue weighted by Gasteiger charge is -2.34. The molecule has 0 spiro atoms. The number of carbonyl (C=O) groups is 1. The summed E-state index contributed by atoms with van der Waals surface area (Å²) in [5, 5.41) is 7.10. The predicted octanol–water partition coefficient (Wildman–Crippen LogP) is 1.76. The molecule has 6 heteroatoms. The Kier molecular flexibility index (Phi) is 4.26. The van der Waals surface area contributed by atoms with E-state index in [4.69, 9.17) is 9.47 Å². The number of H-pyrrole nitrogens is 1. The highest BCUT2D eigenvalue weighted by Gasteiger charge is 2.33. The molecule has 3 heterocycles. The molecule has 1 amide bonds. The summed E-state index contributed by atoms with van der Waals surface area (Å²) in [5.74, 6) is 0.614. The quantitative estimate of drug-likeness (QED) is 0.922. The van der Waals surface area contributed by atoms with Gasteiger partial charge >= 0.3 is 0 Å². The van der Waals surface area contributed by atoms with E-state index in [2.05, 4.69) is 24.0 Å². The highest BCUT2D eigenvalue weighted by Crippen LogP contribution is 2.26. The number of piperidine rings is 1. The summed E-state index contributed by atoms with van der Waals surface area (Å²) in [7, 11) is 0. The first kappa shape index (κ1) is 14.5. The number of aromatic amines is 1. The number of amides is 1. The van der Waals surface area contributed by atoms with Crippen LogP contribution >= 0.6 is 0 Å². The van der Waals surface area contributed by atoms with Gasteiger partial charge in [-0.1, -0.05) is 13.8 Å². The number of aromatic nitrogens is 2. The van der Waals surface area contributed by atoms with Gasteiger partial charge in [-0.25, -0.2) is 0 Å². The minimum Gasteiger partial charge on any atom is -0.350 e. The maximum atomic E-state index is 12.6. The molecule has 1 aromatic rings. The fourth-order valence-electron chi connectivity index (χ4n) is 2.97. The summed E-state index contributed by atoms with van der Waals surface area (Å²) in [6.07, 6.45) is 1.89. The maximum absolute atomic E-state index is 12.6. The second-order valence-electron chi connectivity index (χ2n) is 6.13. The third-order valence-electron chi connectivity index (χ3n) is 4.22. The lowest BCUT2D eigenvalue weighted by Crippen LogP contribution is -2.44. The van der Waals surface area contributed by atoms with E-state index in [1.165, 1.54) is 0 Å². The molecule has 21 heavy (non-hydrogen) atoms. The van der Waals surface area contributed by atoms with Crippen molar-refractivity contribution in [2.24, 2.45) is 5.92 Å². The first-order chi connectivity index (χ1) is 10.1. The van der Waals surface area contributed by atoms with Crippen LogP contribution in [0.2, 0.25) is 0 Å². The van der Waals surface area contributed by atoms with E-state index in [1.807, 2.05) is 11.0 Å². The lowest BCUT2D eigenvalue weighted by atomic mass is 9.97. The Labute approximate surface area is 124 Å². The molecule has 0 aromatic carbocycles. The molecule has 1 aromatic heterocycles. The summed E-state index contributed by atoms with van der Waals surface area (Å²) in [6, 6.07) is 1.86. The first-order valence-corrected chi connectivity index (χ1v) is 7.73. The van der Waals surface area contributed by atoms with Crippen LogP contribution in [-0.4, -0.2) is 53.6 Å². The second kappa shape index (κ2) is 6.15. The molecule has 1 N–H and O–H groups in total. The van der Waals surface area contributed by atoms with Gasteiger partial charge in [0.25, 0.3) is 5.91 Å². The van der Waals surface area contributed by atoms with Gasteiger partial charge in [-0.15, -0.1) is 0 Å². The van der Waals surface area contributed by atoms with Crippen molar-refractivity contribution >= 4 is 5.91 Å². The molecule has 6 nitrogen and oxygen atoms in total. The van der Waals surface area contributed by atoms with Crippen molar-refractivity contribution in [1.29, 1.82) is 0 Å². The fourth-order valence-corrected chi connectivity index (χ4v) is 2.97. The zero-order chi connectivity index (χ0) is 14.8. The SMILES string of the molecule is CC(C)c1cc(C(=O)N2CCCC(C3OCCO3)C2)n[nH]1. The number of nitrogens with zero attached hydrogens (tertiary/aromatic N) is 2. The van der Waals surface area contributed by atoms with Crippen LogP contribution < -0.4 is 0 Å². The zero-order valence-corrected chi connectivity index (χ0v) is 12.7. The number of nitrogens with one attached hydrogen (secondary N) is 1. The molecular weight excluding hydrogens is 270 g/mol. The van der Waals surface area contributed by atoms with Gasteiger partial charge in [0.2, 0.25) is 0 Å². The van der Waals surface area contributed by atoms with Gasteiger partial charge in [0.1, 0.15) is 5.69 Å². The third kappa shape index (κ3) is 3.11. The minimum atomic E-state index is -0.147. The topological polar surface area (TPSA) is 67.5 Å². The van der Waals surface area contributed by atoms with Gasteiger partial charge in [0, 0.05) is 24.7 Å². The second-order valence-corrected chi connectivity index (χ2v) is 6.13. The van der Waals surface area contributed by atoms with E-state index >= 15 is 0 Å². The van der Waals surface area contributed by atoms with Gasteiger partial charge in [-0.05, 0) is 24.8 Å². The monoisotopic (exact) mass is 293 g/mol. The molecule has 2 fully saturated rings. The van der Waals surface area contributed by atoms with Gasteiger partial charge in [-0.2, -0.15) is 5.10 Å². The van der Waals surface area contributed by atoms with Gasteiger partial charge in [0.05, 0.1) is 13.2 Å². The van der Waals surface area contributed by atoms with Crippen molar-refractivity contribution in [3.63, 3.8) is 0 Å². The molecule has 2 aliphatic heterocycles. The van der Waals surface area contributed by atoms with Crippen LogP contribution in [0.15, 0.2) is 6.07 Å². The van der Waals surface area contributed by atoms with E-state index in [1.54, 1.807) is 0 Å². The molecule has 1 unspecified atom stereocenters. The largest absolute Gasteiger partial charge is 0.350 e. The van der Waals surface area contributed by atoms with E-state index in [-0.39, 0.29) is 18.1 Å². The van der Waals surface area contributed by atoms with Crippen LogP contribution in [0.1, 0.15) is 48.8 Å². The molecule has 0 bridgehead atoms. The smallest absolute Gasteiger partial charge is 0.274 e. The fraction of sp³-hybridized carbons (Fsp3) is 0.733. The minimum absolute atomic E-state index is 0.000784. The first-order valence-electron chi connectivity index (χ1n) is 7.73. The van der Waals surface area contributed by atoms with E-state index in [9.17, 15) is 4.79 Å². The highest BCUT2D eigenvalue weighted by molar-refractivity contribution is 5.92. The molecule has 0 saturated carbocycles. The predicted molar refractivity (Wildman–Crippen MR) is 77.0 cm³/mol. The van der Waals surface area contributed by atoms with Crippen LogP contribution in [0.5, 0.6) is 0 Å². The molecule has 2 saturated heterocycles. The molecular formula is C15H23N3O3. The van der Waals surface area contributed by atoms with Gasteiger partial charge in [-0.3, -0.25) is 9.89 Å². The Hall–Kier alpha value is -1.40. The highest BCUT2D eigenvalue weighted by atomic mass is 16.7. The Bertz CT molecular complexity index is 494. The van der Waals surface area contributed by atoms with Crippen molar-refractivity contribution in [3.8, 4) is 0 Å². The Balaban J connectivity index is 1.65. The van der Waals surface area contributed by atoms with Gasteiger partial charge in [0.15, 0.2) is 6.29 Å². The molecule has 3 rings (SSSR count). The van der Waals surface area contributed by atoms with Crippen molar-refractivity contribution < 1.29 is 14.3 Å². The average Bonchev–Trinajstić information content (AvgIpc) is 3.18. The van der Waals surface area contributed by atoms with E-state index in [0.717, 1.165) is 25.1 Å². The molecule has 116 valence electrons. The summed E-state index contributed by atoms with van der Waals surface area (Å²) in [5.41, 5.74) is 1.50. The number of likely N-dealkylation sites (tertiary alicyclic amines) is 1. The molecule has 0 aliphatic carbocycles. The molecule has 0 radical (unpaired) electrons. The average molecular weight is 293 g/mol. The van der Waals surface area contributed by atoms with Crippen LogP contribution in [0, 0.1) is 5.92 Å². The molecule has 1 atom stereocenters. The van der Waals surface area contributed by atoms with Crippen LogP contribution in [-0.2, 0) is 9.47 Å². The third-order valence-corrected chi connectivity index (χ3v) is 4.22. The van der Waals surface area contributed by atoms with Crippen LogP contribution in [0.4, 0.5) is 0 Å². The number of ether oxygens (including phenoxy) is 2. The normalized spacial score (nSPS) is 24.0. The van der Waals surface area contributed by atoms with Crippen LogP contribution in [0.3, 0.4) is 0 Å². The summed E-state index contributed by atoms with van der Waals surface area (Å²) >= 11 is 0. The number of hydrogen-bond acceptors (Lipinski definition) is 4. The standard InChI is InChI=1S/C15H23N3O3/c1-10(2)12-8-13(17-16-12)14(19)18-5-3-4-11(9-18)15-20-6-7-21-15/h8,10-11,15H,3-7,9H2,1-2H3,(H,16,17). The maximum Gasteiger partial charge on any atom is 0.274 e. The summed E-state index contributed by atoms with van der Waals surface area (Å²) in [4.78, 5) is 14.4. The Morgan fingerprint density at radius 3 is 2.86 bits per heavy atom. The number of carbonyl (C=O) groups excluding carboxylic acids is 1. The lowest BCUT2D eigenvalue weighted by molar-refractivity contribution is -0.0969. The Morgan fingerprint density at radius 2 is 2.19 bits per heavy atom. The Morgan fingerprint density at radius 1 is 1.43 bits per heavy atom. The zero-order valence-electron chi connectivity index (χ0n) is 12.7.